The third-order valence-corrected chi connectivity index (χ3v) is 6.62. The summed E-state index contributed by atoms with van der Waals surface area (Å²) in [5, 5.41) is 24.8. The maximum Gasteiger partial charge on any atom is 0.417 e. The fourth-order valence-electron chi connectivity index (χ4n) is 3.78. The van der Waals surface area contributed by atoms with Gasteiger partial charge in [0, 0.05) is 0 Å². The van der Waals surface area contributed by atoms with Gasteiger partial charge in [0.1, 0.15) is 11.4 Å². The summed E-state index contributed by atoms with van der Waals surface area (Å²) in [6.45, 7) is 1.51. The number of carboxylic acid groups (broad SMARTS) is 1. The Morgan fingerprint density at radius 2 is 1.44 bits per heavy atom. The van der Waals surface area contributed by atoms with Gasteiger partial charge in [-0.25, -0.2) is 14.2 Å². The highest BCUT2D eigenvalue weighted by atomic mass is 32.2. The van der Waals surface area contributed by atoms with Gasteiger partial charge in [-0.05, 0) is 61.0 Å². The molecule has 12 nitrogen and oxygen atoms in total. The number of alkyl halides is 3. The molecule has 0 atom stereocenters. The summed E-state index contributed by atoms with van der Waals surface area (Å²) in [7, 11) is -4.37. The molecule has 0 amide bonds. The van der Waals surface area contributed by atoms with E-state index in [1.807, 2.05) is 0 Å². The van der Waals surface area contributed by atoms with Crippen LogP contribution in [0, 0.1) is 6.92 Å². The number of hydrogen-bond donors (Lipinski definition) is 2. The Bertz CT molecular complexity index is 1840. The smallest absolute Gasteiger partial charge is 0.417 e. The van der Waals surface area contributed by atoms with Crippen LogP contribution in [0.15, 0.2) is 70.2 Å². The zero-order valence-electron chi connectivity index (χ0n) is 19.5. The number of aromatic carboxylic acids is 1. The number of carboxylic acids is 1. The number of furan rings is 1. The van der Waals surface area contributed by atoms with Gasteiger partial charge in [-0.1, -0.05) is 10.4 Å². The molecule has 5 aromatic rings. The summed E-state index contributed by atoms with van der Waals surface area (Å²) < 4.78 is 80.4. The molecule has 0 bridgehead atoms. The van der Waals surface area contributed by atoms with E-state index >= 15 is 0 Å². The fraction of sp³-hybridized carbons (Fsp3) is 0.0870. The molecule has 0 aliphatic heterocycles. The van der Waals surface area contributed by atoms with E-state index in [2.05, 4.69) is 20.6 Å². The summed E-state index contributed by atoms with van der Waals surface area (Å²) >= 11 is 0. The molecule has 0 radical (unpaired) electrons. The van der Waals surface area contributed by atoms with E-state index in [4.69, 9.17) is 9.52 Å². The van der Waals surface area contributed by atoms with Gasteiger partial charge in [-0.3, -0.25) is 4.55 Å². The first kappa shape index (κ1) is 25.8. The van der Waals surface area contributed by atoms with Crippen molar-refractivity contribution in [1.82, 2.24) is 30.0 Å². The van der Waals surface area contributed by atoms with Crippen LogP contribution < -0.4 is 0 Å². The SMILES string of the molecule is Cc1cc(-n2cc(-c3ccc(-c4cn(-c5ccc(C(=O)O)c(C(F)(F)F)c5)nn4)o3)nn2)ccc1S(=O)(=O)O. The number of benzene rings is 2. The quantitative estimate of drug-likeness (QED) is 0.289. The molecule has 3 heterocycles. The Labute approximate surface area is 216 Å². The molecule has 0 spiro atoms. The average Bonchev–Trinajstić information content (AvgIpc) is 3.62. The summed E-state index contributed by atoms with van der Waals surface area (Å²) in [6.07, 6.45) is -2.06. The number of hydrogen-bond acceptors (Lipinski definition) is 8. The molecule has 2 aromatic carbocycles. The van der Waals surface area contributed by atoms with E-state index < -0.39 is 33.4 Å². The molecule has 39 heavy (non-hydrogen) atoms. The number of aryl methyl sites for hydroxylation is 1. The average molecular weight is 560 g/mol. The van der Waals surface area contributed by atoms with E-state index in [0.717, 1.165) is 10.7 Å². The molecule has 0 saturated heterocycles. The van der Waals surface area contributed by atoms with Crippen LogP contribution >= 0.6 is 0 Å². The third-order valence-electron chi connectivity index (χ3n) is 5.60. The van der Waals surface area contributed by atoms with Crippen molar-refractivity contribution in [2.75, 3.05) is 0 Å². The van der Waals surface area contributed by atoms with E-state index in [1.54, 1.807) is 12.1 Å². The van der Waals surface area contributed by atoms with Gasteiger partial charge >= 0.3 is 12.1 Å². The van der Waals surface area contributed by atoms with Crippen LogP contribution in [0.25, 0.3) is 34.3 Å². The predicted molar refractivity (Wildman–Crippen MR) is 126 cm³/mol. The van der Waals surface area contributed by atoms with E-state index in [9.17, 15) is 30.9 Å². The Balaban J connectivity index is 1.40. The second kappa shape index (κ2) is 9.17. The van der Waals surface area contributed by atoms with Crippen molar-refractivity contribution in [3.05, 3.63) is 77.6 Å². The van der Waals surface area contributed by atoms with Crippen LogP contribution in [0.3, 0.4) is 0 Å². The van der Waals surface area contributed by atoms with Gasteiger partial charge in [0.05, 0.1) is 39.8 Å². The van der Waals surface area contributed by atoms with E-state index in [0.29, 0.717) is 23.0 Å². The summed E-state index contributed by atoms with van der Waals surface area (Å²) in [5.41, 5.74) is -1.01. The monoisotopic (exact) mass is 560 g/mol. The molecule has 200 valence electrons. The van der Waals surface area contributed by atoms with Crippen molar-refractivity contribution in [3.8, 4) is 34.3 Å². The number of nitrogens with zero attached hydrogens (tertiary/aromatic N) is 6. The van der Waals surface area contributed by atoms with Gasteiger partial charge in [0.25, 0.3) is 10.1 Å². The van der Waals surface area contributed by atoms with Crippen molar-refractivity contribution < 1.29 is 40.5 Å². The van der Waals surface area contributed by atoms with Gasteiger partial charge in [0.2, 0.25) is 0 Å². The van der Waals surface area contributed by atoms with Crippen molar-refractivity contribution in [2.24, 2.45) is 0 Å². The van der Waals surface area contributed by atoms with Crippen LogP contribution in [0.2, 0.25) is 0 Å². The predicted octanol–water partition coefficient (Wildman–Crippen LogP) is 4.05. The second-order valence-electron chi connectivity index (χ2n) is 8.22. The minimum Gasteiger partial charge on any atom is -0.478 e. The molecule has 0 saturated carbocycles. The third kappa shape index (κ3) is 5.01. The Morgan fingerprint density at radius 3 is 1.92 bits per heavy atom. The Kier molecular flexibility index (Phi) is 6.07. The molecular formula is C23H15F3N6O6S. The summed E-state index contributed by atoms with van der Waals surface area (Å²) in [6, 6.07) is 9.97. The maximum absolute atomic E-state index is 13.4. The molecular weight excluding hydrogens is 545 g/mol. The zero-order chi connectivity index (χ0) is 28.1. The first-order chi connectivity index (χ1) is 18.3. The van der Waals surface area contributed by atoms with Crippen molar-refractivity contribution in [2.45, 2.75) is 18.0 Å². The van der Waals surface area contributed by atoms with Crippen LogP contribution in [-0.2, 0) is 16.3 Å². The van der Waals surface area contributed by atoms with Gasteiger partial charge < -0.3 is 9.52 Å². The lowest BCUT2D eigenvalue weighted by molar-refractivity contribution is -0.138. The van der Waals surface area contributed by atoms with Crippen molar-refractivity contribution in [3.63, 3.8) is 0 Å². The minimum atomic E-state index is -4.89. The van der Waals surface area contributed by atoms with Crippen molar-refractivity contribution in [1.29, 1.82) is 0 Å². The normalized spacial score (nSPS) is 12.1. The van der Waals surface area contributed by atoms with Gasteiger partial charge in [0.15, 0.2) is 11.5 Å². The highest BCUT2D eigenvalue weighted by Gasteiger charge is 2.36. The Hall–Kier alpha value is -4.83. The minimum absolute atomic E-state index is 0.0592. The van der Waals surface area contributed by atoms with Crippen LogP contribution in [0.1, 0.15) is 21.5 Å². The zero-order valence-corrected chi connectivity index (χ0v) is 20.3. The molecule has 3 aromatic heterocycles. The number of rotatable bonds is 6. The van der Waals surface area contributed by atoms with E-state index in [-0.39, 0.29) is 27.8 Å². The van der Waals surface area contributed by atoms with Gasteiger partial charge in [-0.15, -0.1) is 10.2 Å². The highest BCUT2D eigenvalue weighted by Crippen LogP contribution is 2.34. The highest BCUT2D eigenvalue weighted by molar-refractivity contribution is 7.85. The van der Waals surface area contributed by atoms with Crippen LogP contribution in [-0.4, -0.2) is 54.0 Å². The lowest BCUT2D eigenvalue weighted by Gasteiger charge is -2.11. The number of carbonyl (C=O) groups is 1. The molecule has 0 aliphatic rings. The Morgan fingerprint density at radius 1 is 0.897 bits per heavy atom. The van der Waals surface area contributed by atoms with E-state index in [1.165, 1.54) is 48.3 Å². The van der Waals surface area contributed by atoms with Crippen LogP contribution in [0.5, 0.6) is 0 Å². The number of halogens is 3. The molecule has 16 heteroatoms. The summed E-state index contributed by atoms with van der Waals surface area (Å²) in [5.74, 6) is -1.21. The number of aromatic nitrogens is 6. The lowest BCUT2D eigenvalue weighted by Crippen LogP contribution is -2.14. The molecule has 5 rings (SSSR count). The van der Waals surface area contributed by atoms with Crippen LogP contribution in [0.4, 0.5) is 13.2 Å². The molecule has 0 aliphatic carbocycles. The first-order valence-electron chi connectivity index (χ1n) is 10.8. The maximum atomic E-state index is 13.4. The molecule has 0 fully saturated rings. The lowest BCUT2D eigenvalue weighted by atomic mass is 10.1. The first-order valence-corrected chi connectivity index (χ1v) is 12.2. The van der Waals surface area contributed by atoms with Gasteiger partial charge in [-0.2, -0.15) is 21.6 Å². The molecule has 2 N–H and O–H groups in total. The standard InChI is InChI=1S/C23H15F3N6O6S/c1-12-8-13(3-7-21(12)39(35,36)37)31-10-17(27-29-31)19-5-6-20(38-19)18-11-32(30-28-18)14-2-4-15(22(33)34)16(9-14)23(24,25)26/h2-11H,1H3,(H,33,34)(H,35,36,37). The fourth-order valence-corrected chi connectivity index (χ4v) is 4.49. The largest absolute Gasteiger partial charge is 0.478 e. The topological polar surface area (TPSA) is 166 Å². The molecule has 0 unspecified atom stereocenters. The van der Waals surface area contributed by atoms with Crippen molar-refractivity contribution >= 4 is 16.1 Å². The second-order valence-corrected chi connectivity index (χ2v) is 9.61. The summed E-state index contributed by atoms with van der Waals surface area (Å²) in [4.78, 5) is 10.9.